The van der Waals surface area contributed by atoms with Crippen LogP contribution in [0.5, 0.6) is 5.75 Å². The second-order valence-corrected chi connectivity index (χ2v) is 5.58. The predicted octanol–water partition coefficient (Wildman–Crippen LogP) is 3.25. The van der Waals surface area contributed by atoms with Crippen molar-refractivity contribution < 1.29 is 13.7 Å². The number of pyridine rings is 1. The van der Waals surface area contributed by atoms with E-state index in [2.05, 4.69) is 17.0 Å². The van der Waals surface area contributed by atoms with Gasteiger partial charge in [0.25, 0.3) is 0 Å². The van der Waals surface area contributed by atoms with Crippen LogP contribution in [0.3, 0.4) is 0 Å². The molecule has 0 fully saturated rings. The second-order valence-electron chi connectivity index (χ2n) is 5.58. The first-order valence-corrected chi connectivity index (χ1v) is 7.84. The van der Waals surface area contributed by atoms with E-state index >= 15 is 0 Å². The van der Waals surface area contributed by atoms with Crippen LogP contribution in [0.25, 0.3) is 11.0 Å². The van der Waals surface area contributed by atoms with Gasteiger partial charge in [-0.25, -0.2) is 9.36 Å². The molecule has 3 rings (SSSR count). The summed E-state index contributed by atoms with van der Waals surface area (Å²) in [6.07, 6.45) is 6.15. The molecule has 3 aromatic rings. The molecular weight excluding hydrogens is 290 g/mol. The molecule has 2 heterocycles. The zero-order valence-electron chi connectivity index (χ0n) is 13.2. The maximum atomic E-state index is 11.4. The fourth-order valence-electron chi connectivity index (χ4n) is 2.56. The number of unbranched alkanes of at least 4 members (excludes halogenated alkanes) is 1. The summed E-state index contributed by atoms with van der Waals surface area (Å²) in [5.74, 6) is 0.735. The van der Waals surface area contributed by atoms with Gasteiger partial charge in [-0.1, -0.05) is 6.07 Å². The lowest BCUT2D eigenvalue weighted by molar-refractivity contribution is -0.697. The number of ether oxygens (including phenoxy) is 1. The van der Waals surface area contributed by atoms with Crippen molar-refractivity contribution in [2.24, 2.45) is 0 Å². The number of benzene rings is 1. The van der Waals surface area contributed by atoms with Crippen LogP contribution in [0.15, 0.2) is 64.1 Å². The Morgan fingerprint density at radius 2 is 1.91 bits per heavy atom. The van der Waals surface area contributed by atoms with E-state index in [0.29, 0.717) is 12.2 Å². The maximum Gasteiger partial charge on any atom is 0.336 e. The molecular formula is C19H20NO3+. The predicted molar refractivity (Wildman–Crippen MR) is 88.6 cm³/mol. The van der Waals surface area contributed by atoms with E-state index < -0.39 is 0 Å². The lowest BCUT2D eigenvalue weighted by Crippen LogP contribution is -2.32. The Morgan fingerprint density at radius 3 is 2.74 bits per heavy atom. The molecule has 0 aliphatic heterocycles. The molecule has 0 atom stereocenters. The van der Waals surface area contributed by atoms with Crippen LogP contribution in [0.1, 0.15) is 18.4 Å². The van der Waals surface area contributed by atoms with Crippen molar-refractivity contribution in [3.8, 4) is 5.75 Å². The molecule has 2 aromatic heterocycles. The lowest BCUT2D eigenvalue weighted by Gasteiger charge is -2.07. The summed E-state index contributed by atoms with van der Waals surface area (Å²) in [7, 11) is 0. The van der Waals surface area contributed by atoms with Gasteiger partial charge in [0, 0.05) is 36.1 Å². The van der Waals surface area contributed by atoms with Crippen LogP contribution in [-0.4, -0.2) is 6.61 Å². The van der Waals surface area contributed by atoms with E-state index in [4.69, 9.17) is 9.15 Å². The summed E-state index contributed by atoms with van der Waals surface area (Å²) in [6, 6.07) is 13.2. The molecule has 0 unspecified atom stereocenters. The highest BCUT2D eigenvalue weighted by atomic mass is 16.5. The molecule has 0 aliphatic carbocycles. The second kappa shape index (κ2) is 7.09. The first-order chi connectivity index (χ1) is 11.2. The Labute approximate surface area is 135 Å². The van der Waals surface area contributed by atoms with Crippen LogP contribution < -0.4 is 14.9 Å². The van der Waals surface area contributed by atoms with Gasteiger partial charge < -0.3 is 9.15 Å². The quantitative estimate of drug-likeness (QED) is 0.399. The van der Waals surface area contributed by atoms with Gasteiger partial charge in [-0.05, 0) is 31.0 Å². The topological polar surface area (TPSA) is 43.3 Å². The van der Waals surface area contributed by atoms with E-state index in [1.807, 2.05) is 37.3 Å². The minimum absolute atomic E-state index is 0.327. The molecule has 23 heavy (non-hydrogen) atoms. The number of hydrogen-bond donors (Lipinski definition) is 0. The molecule has 0 aliphatic rings. The Morgan fingerprint density at radius 1 is 1.09 bits per heavy atom. The number of aryl methyl sites for hydroxylation is 2. The van der Waals surface area contributed by atoms with Gasteiger partial charge in [-0.15, -0.1) is 0 Å². The van der Waals surface area contributed by atoms with Crippen molar-refractivity contribution in [3.63, 3.8) is 0 Å². The van der Waals surface area contributed by atoms with Crippen LogP contribution in [-0.2, 0) is 6.54 Å². The molecule has 0 saturated carbocycles. The Bertz CT molecular complexity index is 840. The van der Waals surface area contributed by atoms with E-state index in [1.54, 1.807) is 6.07 Å². The summed E-state index contributed by atoms with van der Waals surface area (Å²) < 4.78 is 13.2. The minimum Gasteiger partial charge on any atom is -0.493 e. The third-order valence-corrected chi connectivity index (χ3v) is 3.78. The molecule has 0 bridgehead atoms. The van der Waals surface area contributed by atoms with Crippen LogP contribution in [0.4, 0.5) is 0 Å². The molecule has 0 amide bonds. The van der Waals surface area contributed by atoms with E-state index in [1.165, 1.54) is 6.07 Å². The summed E-state index contributed by atoms with van der Waals surface area (Å²) in [4.78, 5) is 11.4. The molecule has 1 aromatic carbocycles. The van der Waals surface area contributed by atoms with Crippen molar-refractivity contribution in [2.75, 3.05) is 6.61 Å². The zero-order valence-corrected chi connectivity index (χ0v) is 13.2. The Hall–Kier alpha value is -2.62. The van der Waals surface area contributed by atoms with E-state index in [9.17, 15) is 4.79 Å². The highest BCUT2D eigenvalue weighted by Crippen LogP contribution is 2.22. The molecule has 0 saturated heterocycles. The third-order valence-electron chi connectivity index (χ3n) is 3.78. The smallest absolute Gasteiger partial charge is 0.336 e. The Kier molecular flexibility index (Phi) is 4.71. The van der Waals surface area contributed by atoms with Crippen LogP contribution in [0, 0.1) is 6.92 Å². The first kappa shape index (κ1) is 15.3. The minimum atomic E-state index is -0.327. The number of rotatable bonds is 6. The highest BCUT2D eigenvalue weighted by molar-refractivity contribution is 5.81. The fourth-order valence-corrected chi connectivity index (χ4v) is 2.56. The molecule has 4 heteroatoms. The molecule has 118 valence electrons. The average Bonchev–Trinajstić information content (AvgIpc) is 2.55. The average molecular weight is 310 g/mol. The molecule has 4 nitrogen and oxygen atoms in total. The first-order valence-electron chi connectivity index (χ1n) is 7.84. The van der Waals surface area contributed by atoms with Crippen LogP contribution >= 0.6 is 0 Å². The number of nitrogens with zero attached hydrogens (tertiary/aromatic N) is 1. The normalized spacial score (nSPS) is 10.8. The molecule has 0 N–H and O–H groups in total. The van der Waals surface area contributed by atoms with Gasteiger partial charge >= 0.3 is 5.63 Å². The number of aromatic nitrogens is 1. The SMILES string of the molecule is Cc1cc(=O)oc2cc(OCCCC[n+]3ccccc3)ccc12. The van der Waals surface area contributed by atoms with Gasteiger partial charge in [-0.3, -0.25) is 0 Å². The number of hydrogen-bond acceptors (Lipinski definition) is 3. The van der Waals surface area contributed by atoms with Crippen molar-refractivity contribution in [2.45, 2.75) is 26.3 Å². The van der Waals surface area contributed by atoms with Crippen molar-refractivity contribution in [1.82, 2.24) is 0 Å². The van der Waals surface area contributed by atoms with Crippen LogP contribution in [0.2, 0.25) is 0 Å². The summed E-state index contributed by atoms with van der Waals surface area (Å²) >= 11 is 0. The van der Waals surface area contributed by atoms with Gasteiger partial charge in [0.05, 0.1) is 6.61 Å². The van der Waals surface area contributed by atoms with Gasteiger partial charge in [0.15, 0.2) is 12.4 Å². The lowest BCUT2D eigenvalue weighted by atomic mass is 10.1. The van der Waals surface area contributed by atoms with Gasteiger partial charge in [0.2, 0.25) is 0 Å². The molecule has 0 radical (unpaired) electrons. The van der Waals surface area contributed by atoms with E-state index in [0.717, 1.165) is 36.1 Å². The number of fused-ring (bicyclic) bond motifs is 1. The third kappa shape index (κ3) is 3.97. The Balaban J connectivity index is 1.54. The maximum absolute atomic E-state index is 11.4. The summed E-state index contributed by atoms with van der Waals surface area (Å²) in [6.45, 7) is 3.53. The standard InChI is InChI=1S/C19H20NO3/c1-15-13-19(21)23-18-14-16(7-8-17(15)18)22-12-6-5-11-20-9-3-2-4-10-20/h2-4,7-10,13-14H,5-6,11-12H2,1H3/q+1. The van der Waals surface area contributed by atoms with Crippen molar-refractivity contribution in [3.05, 3.63) is 70.8 Å². The van der Waals surface area contributed by atoms with E-state index in [-0.39, 0.29) is 5.63 Å². The monoisotopic (exact) mass is 310 g/mol. The highest BCUT2D eigenvalue weighted by Gasteiger charge is 2.04. The summed E-state index contributed by atoms with van der Waals surface area (Å²) in [5.41, 5.74) is 1.17. The zero-order chi connectivity index (χ0) is 16.1. The largest absolute Gasteiger partial charge is 0.493 e. The summed E-state index contributed by atoms with van der Waals surface area (Å²) in [5, 5.41) is 0.942. The van der Waals surface area contributed by atoms with Crippen molar-refractivity contribution in [1.29, 1.82) is 0 Å². The van der Waals surface area contributed by atoms with Crippen molar-refractivity contribution >= 4 is 11.0 Å². The van der Waals surface area contributed by atoms with Gasteiger partial charge in [0.1, 0.15) is 17.9 Å². The fraction of sp³-hybridized carbons (Fsp3) is 0.263. The van der Waals surface area contributed by atoms with Gasteiger partial charge in [-0.2, -0.15) is 0 Å². The molecule has 0 spiro atoms.